The normalized spacial score (nSPS) is 10.7. The number of rotatable bonds is 7. The van der Waals surface area contributed by atoms with Crippen LogP contribution in [-0.2, 0) is 0 Å². The van der Waals surface area contributed by atoms with E-state index in [1.807, 2.05) is 12.1 Å². The predicted molar refractivity (Wildman–Crippen MR) is 83.0 cm³/mol. The van der Waals surface area contributed by atoms with Crippen LogP contribution in [0.2, 0.25) is 0 Å². The van der Waals surface area contributed by atoms with Crippen molar-refractivity contribution >= 4 is 11.7 Å². The zero-order valence-electron chi connectivity index (χ0n) is 13.0. The third-order valence-electron chi connectivity index (χ3n) is 2.94. The molecule has 0 bridgehead atoms. The molecule has 0 fully saturated rings. The summed E-state index contributed by atoms with van der Waals surface area (Å²) in [7, 11) is 3.48. The number of amides is 1. The molecule has 1 heterocycles. The average Bonchev–Trinajstić information content (AvgIpc) is 2.42. The lowest BCUT2D eigenvalue weighted by molar-refractivity contribution is 0.0827. The van der Waals surface area contributed by atoms with Gasteiger partial charge in [-0.2, -0.15) is 0 Å². The molecule has 2 N–H and O–H groups in total. The summed E-state index contributed by atoms with van der Waals surface area (Å²) in [6, 6.07) is 3.75. The van der Waals surface area contributed by atoms with Crippen molar-refractivity contribution in [1.29, 1.82) is 0 Å². The van der Waals surface area contributed by atoms with Crippen LogP contribution in [0.15, 0.2) is 18.3 Å². The molecule has 0 unspecified atom stereocenters. The van der Waals surface area contributed by atoms with E-state index in [2.05, 4.69) is 23.7 Å². The Balaban J connectivity index is 2.83. The quantitative estimate of drug-likeness (QED) is 0.823. The lowest BCUT2D eigenvalue weighted by Crippen LogP contribution is -2.31. The molecule has 0 saturated heterocycles. The minimum absolute atomic E-state index is 0.0265. The van der Waals surface area contributed by atoms with Gasteiger partial charge in [0.05, 0.1) is 5.56 Å². The third-order valence-corrected chi connectivity index (χ3v) is 2.94. The first-order chi connectivity index (χ1) is 9.45. The zero-order valence-corrected chi connectivity index (χ0v) is 13.0. The average molecular weight is 278 g/mol. The number of nitrogens with zero attached hydrogens (tertiary/aromatic N) is 3. The summed E-state index contributed by atoms with van der Waals surface area (Å²) in [5.41, 5.74) is 6.20. The minimum Gasteiger partial charge on any atom is -0.356 e. The molecule has 0 aliphatic rings. The number of anilines is 1. The molecule has 1 aromatic rings. The molecule has 5 nitrogen and oxygen atoms in total. The van der Waals surface area contributed by atoms with Gasteiger partial charge in [0, 0.05) is 33.4 Å². The van der Waals surface area contributed by atoms with Crippen LogP contribution in [0.4, 0.5) is 5.82 Å². The first-order valence-electron chi connectivity index (χ1n) is 7.08. The highest BCUT2D eigenvalue weighted by Gasteiger charge is 2.12. The molecule has 0 aliphatic heterocycles. The third kappa shape index (κ3) is 4.81. The summed E-state index contributed by atoms with van der Waals surface area (Å²) in [5, 5.41) is 0. The van der Waals surface area contributed by atoms with Gasteiger partial charge in [0.2, 0.25) is 0 Å². The smallest absolute Gasteiger partial charge is 0.254 e. The highest BCUT2D eigenvalue weighted by atomic mass is 16.2. The molecule has 0 atom stereocenters. The highest BCUT2D eigenvalue weighted by Crippen LogP contribution is 2.14. The van der Waals surface area contributed by atoms with E-state index in [4.69, 9.17) is 5.73 Å². The van der Waals surface area contributed by atoms with E-state index < -0.39 is 0 Å². The zero-order chi connectivity index (χ0) is 15.1. The van der Waals surface area contributed by atoms with Crippen LogP contribution < -0.4 is 10.6 Å². The lowest BCUT2D eigenvalue weighted by atomic mass is 10.2. The Bertz CT molecular complexity index is 414. The summed E-state index contributed by atoms with van der Waals surface area (Å²) in [6.07, 6.45) is 2.58. The van der Waals surface area contributed by atoms with E-state index in [9.17, 15) is 4.79 Å². The Morgan fingerprint density at radius 1 is 1.35 bits per heavy atom. The monoisotopic (exact) mass is 278 g/mol. The molecular formula is C15H26N4O. The Morgan fingerprint density at radius 3 is 2.50 bits per heavy atom. The predicted octanol–water partition coefficient (Wildman–Crippen LogP) is 1.59. The molecule has 0 aliphatic carbocycles. The molecule has 112 valence electrons. The number of nitrogens with two attached hydrogens (primary N) is 1. The fraction of sp³-hybridized carbons (Fsp3) is 0.600. The first-order valence-corrected chi connectivity index (χ1v) is 7.08. The van der Waals surface area contributed by atoms with Gasteiger partial charge < -0.3 is 15.5 Å². The maximum atomic E-state index is 11.8. The van der Waals surface area contributed by atoms with E-state index in [0.717, 1.165) is 25.3 Å². The van der Waals surface area contributed by atoms with E-state index >= 15 is 0 Å². The second kappa shape index (κ2) is 7.85. The van der Waals surface area contributed by atoms with Crippen molar-refractivity contribution in [2.24, 2.45) is 11.7 Å². The van der Waals surface area contributed by atoms with Gasteiger partial charge in [0.25, 0.3) is 5.91 Å². The highest BCUT2D eigenvalue weighted by molar-refractivity contribution is 5.93. The number of hydrogen-bond acceptors (Lipinski definition) is 4. The first kappa shape index (κ1) is 16.4. The number of aromatic nitrogens is 1. The van der Waals surface area contributed by atoms with Crippen LogP contribution in [0.1, 0.15) is 30.6 Å². The van der Waals surface area contributed by atoms with Gasteiger partial charge in [-0.1, -0.05) is 13.8 Å². The van der Waals surface area contributed by atoms with Crippen LogP contribution in [0.5, 0.6) is 0 Å². The van der Waals surface area contributed by atoms with Crippen molar-refractivity contribution in [1.82, 2.24) is 9.88 Å². The SMILES string of the molecule is CC(C)CN(CCCN)c1ccc(C(=O)N(C)C)cn1. The molecule has 1 aromatic heterocycles. The lowest BCUT2D eigenvalue weighted by Gasteiger charge is -2.25. The summed E-state index contributed by atoms with van der Waals surface area (Å²) >= 11 is 0. The summed E-state index contributed by atoms with van der Waals surface area (Å²) in [6.45, 7) is 6.86. The number of hydrogen-bond donors (Lipinski definition) is 1. The van der Waals surface area contributed by atoms with Crippen molar-refractivity contribution in [3.8, 4) is 0 Å². The second-order valence-electron chi connectivity index (χ2n) is 5.59. The van der Waals surface area contributed by atoms with Crippen LogP contribution in [-0.4, -0.2) is 49.5 Å². The Labute approximate surface area is 121 Å². The molecule has 20 heavy (non-hydrogen) atoms. The maximum absolute atomic E-state index is 11.8. The van der Waals surface area contributed by atoms with E-state index in [1.54, 1.807) is 25.2 Å². The van der Waals surface area contributed by atoms with Crippen molar-refractivity contribution in [2.75, 3.05) is 38.6 Å². The summed E-state index contributed by atoms with van der Waals surface area (Å²) in [5.74, 6) is 1.43. The van der Waals surface area contributed by atoms with Gasteiger partial charge in [0.15, 0.2) is 0 Å². The molecule has 1 rings (SSSR count). The van der Waals surface area contributed by atoms with Gasteiger partial charge in [-0.25, -0.2) is 4.98 Å². The maximum Gasteiger partial charge on any atom is 0.254 e. The van der Waals surface area contributed by atoms with Crippen molar-refractivity contribution < 1.29 is 4.79 Å². The summed E-state index contributed by atoms with van der Waals surface area (Å²) in [4.78, 5) is 20.0. The van der Waals surface area contributed by atoms with Crippen LogP contribution in [0, 0.1) is 5.92 Å². The fourth-order valence-corrected chi connectivity index (χ4v) is 1.98. The van der Waals surface area contributed by atoms with Gasteiger partial charge in [-0.15, -0.1) is 0 Å². The Hall–Kier alpha value is -1.62. The van der Waals surface area contributed by atoms with Gasteiger partial charge in [0.1, 0.15) is 5.82 Å². The van der Waals surface area contributed by atoms with Crippen LogP contribution >= 0.6 is 0 Å². The topological polar surface area (TPSA) is 62.5 Å². The Morgan fingerprint density at radius 2 is 2.05 bits per heavy atom. The molecule has 5 heteroatoms. The molecule has 0 aromatic carbocycles. The van der Waals surface area contributed by atoms with E-state index in [-0.39, 0.29) is 5.91 Å². The van der Waals surface area contributed by atoms with Crippen molar-refractivity contribution in [3.63, 3.8) is 0 Å². The molecule has 0 radical (unpaired) electrons. The molecule has 0 spiro atoms. The molecule has 1 amide bonds. The molecule has 0 saturated carbocycles. The van der Waals surface area contributed by atoms with Crippen LogP contribution in [0.3, 0.4) is 0 Å². The summed E-state index contributed by atoms with van der Waals surface area (Å²) < 4.78 is 0. The number of pyridine rings is 1. The largest absolute Gasteiger partial charge is 0.356 e. The van der Waals surface area contributed by atoms with Crippen LogP contribution in [0.25, 0.3) is 0 Å². The minimum atomic E-state index is -0.0265. The van der Waals surface area contributed by atoms with Gasteiger partial charge in [-0.05, 0) is 31.0 Å². The standard InChI is InChI=1S/C15H26N4O/c1-12(2)11-19(9-5-8-16)14-7-6-13(10-17-14)15(20)18(3)4/h6-7,10,12H,5,8-9,11,16H2,1-4H3. The van der Waals surface area contributed by atoms with Crippen molar-refractivity contribution in [3.05, 3.63) is 23.9 Å². The van der Waals surface area contributed by atoms with Crippen molar-refractivity contribution in [2.45, 2.75) is 20.3 Å². The molecular weight excluding hydrogens is 252 g/mol. The number of carbonyl (C=O) groups excluding carboxylic acids is 1. The second-order valence-corrected chi connectivity index (χ2v) is 5.59. The van der Waals surface area contributed by atoms with E-state index in [1.165, 1.54) is 0 Å². The Kier molecular flexibility index (Phi) is 6.45. The fourth-order valence-electron chi connectivity index (χ4n) is 1.98. The van der Waals surface area contributed by atoms with Gasteiger partial charge >= 0.3 is 0 Å². The van der Waals surface area contributed by atoms with Gasteiger partial charge in [-0.3, -0.25) is 4.79 Å². The van der Waals surface area contributed by atoms with E-state index in [0.29, 0.717) is 18.0 Å². The number of carbonyl (C=O) groups is 1.